The number of carbonyl (C=O) groups is 3. The van der Waals surface area contributed by atoms with Crippen LogP contribution in [-0.2, 0) is 9.59 Å². The molecule has 0 aliphatic carbocycles. The van der Waals surface area contributed by atoms with E-state index in [0.29, 0.717) is 10.4 Å². The Bertz CT molecular complexity index is 534. The molecular formula is C13H16N2O4S. The van der Waals surface area contributed by atoms with Gasteiger partial charge in [-0.15, -0.1) is 11.3 Å². The molecule has 2 N–H and O–H groups in total. The van der Waals surface area contributed by atoms with Gasteiger partial charge in [0.1, 0.15) is 0 Å². The third-order valence-corrected chi connectivity index (χ3v) is 3.29. The molecule has 1 aromatic heterocycles. The van der Waals surface area contributed by atoms with E-state index in [2.05, 4.69) is 5.32 Å². The summed E-state index contributed by atoms with van der Waals surface area (Å²) in [5.41, 5.74) is 0.456. The van der Waals surface area contributed by atoms with Gasteiger partial charge in [-0.25, -0.2) is 4.79 Å². The number of nitrogens with one attached hydrogen (secondary N) is 1. The van der Waals surface area contributed by atoms with E-state index in [1.807, 2.05) is 0 Å². The van der Waals surface area contributed by atoms with Gasteiger partial charge in [-0.3, -0.25) is 9.59 Å². The van der Waals surface area contributed by atoms with Crippen molar-refractivity contribution in [2.75, 3.05) is 20.6 Å². The second kappa shape index (κ2) is 7.44. The number of nitrogens with zero attached hydrogens (tertiary/aromatic N) is 1. The topological polar surface area (TPSA) is 86.7 Å². The first-order chi connectivity index (χ1) is 9.40. The largest absolute Gasteiger partial charge is 0.478 e. The van der Waals surface area contributed by atoms with Crippen molar-refractivity contribution in [3.05, 3.63) is 28.0 Å². The average molecular weight is 296 g/mol. The normalized spacial score (nSPS) is 10.5. The molecule has 1 aromatic rings. The van der Waals surface area contributed by atoms with Crippen LogP contribution < -0.4 is 5.32 Å². The molecule has 20 heavy (non-hydrogen) atoms. The second-order valence-electron chi connectivity index (χ2n) is 4.20. The molecule has 0 radical (unpaired) electrons. The molecule has 0 bridgehead atoms. The Morgan fingerprint density at radius 1 is 1.40 bits per heavy atom. The van der Waals surface area contributed by atoms with E-state index in [0.717, 1.165) is 6.08 Å². The van der Waals surface area contributed by atoms with Crippen LogP contribution in [0.3, 0.4) is 0 Å². The first-order valence-corrected chi connectivity index (χ1v) is 6.76. The Balaban J connectivity index is 2.48. The Morgan fingerprint density at radius 3 is 2.70 bits per heavy atom. The Morgan fingerprint density at radius 2 is 2.10 bits per heavy atom. The van der Waals surface area contributed by atoms with Crippen LogP contribution in [-0.4, -0.2) is 48.4 Å². The molecule has 0 saturated heterocycles. The molecule has 0 saturated carbocycles. The number of aliphatic carboxylic acids is 1. The Labute approximate surface area is 120 Å². The van der Waals surface area contributed by atoms with E-state index in [9.17, 15) is 14.4 Å². The van der Waals surface area contributed by atoms with E-state index in [4.69, 9.17) is 5.11 Å². The molecule has 0 spiro atoms. The minimum Gasteiger partial charge on any atom is -0.478 e. The Kier molecular flexibility index (Phi) is 5.92. The average Bonchev–Trinajstić information content (AvgIpc) is 2.84. The smallest absolute Gasteiger partial charge is 0.328 e. The third kappa shape index (κ3) is 5.23. The van der Waals surface area contributed by atoms with E-state index < -0.39 is 5.97 Å². The van der Waals surface area contributed by atoms with Crippen molar-refractivity contribution < 1.29 is 19.5 Å². The highest BCUT2D eigenvalue weighted by molar-refractivity contribution is 7.11. The van der Waals surface area contributed by atoms with Gasteiger partial charge in [0.25, 0.3) is 5.91 Å². The first-order valence-electron chi connectivity index (χ1n) is 5.88. The zero-order valence-electron chi connectivity index (χ0n) is 11.3. The molecular weight excluding hydrogens is 280 g/mol. The van der Waals surface area contributed by atoms with Crippen LogP contribution in [0.4, 0.5) is 0 Å². The lowest BCUT2D eigenvalue weighted by molar-refractivity contribution is -0.131. The highest BCUT2D eigenvalue weighted by Crippen LogP contribution is 2.16. The molecule has 7 heteroatoms. The number of hydrogen-bond donors (Lipinski definition) is 2. The fraction of sp³-hybridized carbons (Fsp3) is 0.308. The summed E-state index contributed by atoms with van der Waals surface area (Å²) < 4.78 is 0. The molecule has 0 aromatic carbocycles. The molecule has 2 amide bonds. The molecule has 0 aliphatic rings. The lowest BCUT2D eigenvalue weighted by Crippen LogP contribution is -2.29. The van der Waals surface area contributed by atoms with Gasteiger partial charge in [0, 0.05) is 43.4 Å². The van der Waals surface area contributed by atoms with Gasteiger partial charge in [-0.1, -0.05) is 0 Å². The summed E-state index contributed by atoms with van der Waals surface area (Å²) in [6.45, 7) is 0.270. The quantitative estimate of drug-likeness (QED) is 0.768. The van der Waals surface area contributed by atoms with Crippen LogP contribution in [0.25, 0.3) is 6.08 Å². The summed E-state index contributed by atoms with van der Waals surface area (Å²) in [6.07, 6.45) is 2.69. The molecule has 0 unspecified atom stereocenters. The molecule has 0 fully saturated rings. The summed E-state index contributed by atoms with van der Waals surface area (Å²) in [5, 5.41) is 12.8. The standard InChI is InChI=1S/C13H16N2O4S/c1-15(2)11(16)5-6-14-13(19)9-7-10(20-8-9)3-4-12(17)18/h3-4,7-8H,5-6H2,1-2H3,(H,14,19)(H,17,18). The van der Waals surface area contributed by atoms with Gasteiger partial charge < -0.3 is 15.3 Å². The highest BCUT2D eigenvalue weighted by Gasteiger charge is 2.09. The number of carbonyl (C=O) groups excluding carboxylic acids is 2. The minimum atomic E-state index is -1.04. The van der Waals surface area contributed by atoms with E-state index >= 15 is 0 Å². The van der Waals surface area contributed by atoms with Gasteiger partial charge in [-0.05, 0) is 12.1 Å². The SMILES string of the molecule is CN(C)C(=O)CCNC(=O)c1csc(C=CC(=O)O)c1. The zero-order valence-corrected chi connectivity index (χ0v) is 12.1. The second-order valence-corrected chi connectivity index (χ2v) is 5.15. The van der Waals surface area contributed by atoms with E-state index in [-0.39, 0.29) is 24.8 Å². The number of thiophene rings is 1. The Hall–Kier alpha value is -2.15. The van der Waals surface area contributed by atoms with Crippen molar-refractivity contribution in [1.82, 2.24) is 10.2 Å². The van der Waals surface area contributed by atoms with Crippen molar-refractivity contribution in [2.45, 2.75) is 6.42 Å². The molecule has 1 rings (SSSR count). The number of carboxylic acid groups (broad SMARTS) is 1. The number of carboxylic acids is 1. The molecule has 6 nitrogen and oxygen atoms in total. The van der Waals surface area contributed by atoms with Crippen molar-refractivity contribution >= 4 is 35.2 Å². The van der Waals surface area contributed by atoms with Crippen molar-refractivity contribution in [3.8, 4) is 0 Å². The van der Waals surface area contributed by atoms with Gasteiger partial charge >= 0.3 is 5.97 Å². The van der Waals surface area contributed by atoms with Gasteiger partial charge in [0.2, 0.25) is 5.91 Å². The maximum atomic E-state index is 11.8. The van der Waals surface area contributed by atoms with Crippen LogP contribution >= 0.6 is 11.3 Å². The summed E-state index contributed by atoms with van der Waals surface area (Å²) in [7, 11) is 3.31. The van der Waals surface area contributed by atoms with Crippen LogP contribution in [0, 0.1) is 0 Å². The highest BCUT2D eigenvalue weighted by atomic mass is 32.1. The maximum Gasteiger partial charge on any atom is 0.328 e. The molecule has 0 aliphatic heterocycles. The van der Waals surface area contributed by atoms with E-state index in [1.165, 1.54) is 22.3 Å². The first kappa shape index (κ1) is 15.9. The van der Waals surface area contributed by atoms with Crippen LogP contribution in [0.15, 0.2) is 17.5 Å². The minimum absolute atomic E-state index is 0.0549. The number of rotatable bonds is 6. The zero-order chi connectivity index (χ0) is 15.1. The van der Waals surface area contributed by atoms with Crippen molar-refractivity contribution in [3.63, 3.8) is 0 Å². The summed E-state index contributed by atoms with van der Waals surface area (Å²) in [6, 6.07) is 1.60. The lowest BCUT2D eigenvalue weighted by Gasteiger charge is -2.10. The molecule has 108 valence electrons. The fourth-order valence-corrected chi connectivity index (χ4v) is 2.10. The van der Waals surface area contributed by atoms with Gasteiger partial charge in [0.15, 0.2) is 0 Å². The lowest BCUT2D eigenvalue weighted by atomic mass is 10.2. The summed E-state index contributed by atoms with van der Waals surface area (Å²) >= 11 is 1.28. The number of hydrogen-bond acceptors (Lipinski definition) is 4. The fourth-order valence-electron chi connectivity index (χ4n) is 1.32. The predicted molar refractivity (Wildman–Crippen MR) is 76.6 cm³/mol. The molecule has 1 heterocycles. The summed E-state index contributed by atoms with van der Waals surface area (Å²) in [4.78, 5) is 35.6. The number of amides is 2. The van der Waals surface area contributed by atoms with Crippen LogP contribution in [0.2, 0.25) is 0 Å². The third-order valence-electron chi connectivity index (χ3n) is 2.40. The predicted octanol–water partition coefficient (Wildman–Crippen LogP) is 1.05. The van der Waals surface area contributed by atoms with Crippen LogP contribution in [0.5, 0.6) is 0 Å². The maximum absolute atomic E-state index is 11.8. The van der Waals surface area contributed by atoms with Gasteiger partial charge in [0.05, 0.1) is 5.56 Å². The van der Waals surface area contributed by atoms with Crippen molar-refractivity contribution in [2.24, 2.45) is 0 Å². The van der Waals surface area contributed by atoms with Gasteiger partial charge in [-0.2, -0.15) is 0 Å². The summed E-state index contributed by atoms with van der Waals surface area (Å²) in [5.74, 6) is -1.37. The van der Waals surface area contributed by atoms with E-state index in [1.54, 1.807) is 25.5 Å². The monoisotopic (exact) mass is 296 g/mol. The van der Waals surface area contributed by atoms with Crippen molar-refractivity contribution in [1.29, 1.82) is 0 Å². The van der Waals surface area contributed by atoms with Crippen LogP contribution in [0.1, 0.15) is 21.7 Å². The molecule has 0 atom stereocenters.